The summed E-state index contributed by atoms with van der Waals surface area (Å²) in [4.78, 5) is 25.3. The zero-order valence-electron chi connectivity index (χ0n) is 20.2. The van der Waals surface area contributed by atoms with Gasteiger partial charge in [-0.3, -0.25) is 9.59 Å². The molecule has 0 aromatic carbocycles. The molecule has 0 aromatic rings. The monoisotopic (exact) mass is 412 g/mol. The molecule has 0 amide bonds. The zero-order chi connectivity index (χ0) is 22.1. The second-order valence-corrected chi connectivity index (χ2v) is 8.47. The second kappa shape index (κ2) is 16.7. The molecule has 0 heterocycles. The largest absolute Gasteiger partial charge is 0.465 e. The fraction of sp³-hybridized carbons (Fsp3) is 0.920. The van der Waals surface area contributed by atoms with Crippen LogP contribution in [0, 0.1) is 11.8 Å². The van der Waals surface area contributed by atoms with E-state index in [4.69, 9.17) is 9.47 Å². The molecule has 0 saturated carbocycles. The first-order chi connectivity index (χ1) is 13.9. The molecule has 0 aliphatic carbocycles. The Morgan fingerprint density at radius 1 is 0.724 bits per heavy atom. The number of carbonyl (C=O) groups excluding carboxylic acids is 2. The number of rotatable bonds is 18. The normalized spacial score (nSPS) is 15.4. The summed E-state index contributed by atoms with van der Waals surface area (Å²) in [7, 11) is 0. The van der Waals surface area contributed by atoms with Gasteiger partial charge < -0.3 is 9.47 Å². The molecule has 3 unspecified atom stereocenters. The van der Waals surface area contributed by atoms with E-state index in [1.165, 1.54) is 0 Å². The predicted octanol–water partition coefficient (Wildman–Crippen LogP) is 7.23. The van der Waals surface area contributed by atoms with Crippen molar-refractivity contribution in [2.75, 3.05) is 6.61 Å². The highest BCUT2D eigenvalue weighted by Crippen LogP contribution is 2.30. The summed E-state index contributed by atoms with van der Waals surface area (Å²) < 4.78 is 11.8. The zero-order valence-corrected chi connectivity index (χ0v) is 20.2. The van der Waals surface area contributed by atoms with E-state index in [9.17, 15) is 9.59 Å². The molecule has 3 atom stereocenters. The van der Waals surface area contributed by atoms with E-state index in [1.54, 1.807) is 0 Å². The summed E-state index contributed by atoms with van der Waals surface area (Å²) in [5, 5.41) is 0. The number of esters is 2. The van der Waals surface area contributed by atoms with Crippen LogP contribution in [-0.2, 0) is 19.1 Å². The number of ether oxygens (including phenoxy) is 2. The van der Waals surface area contributed by atoms with E-state index in [-0.39, 0.29) is 23.8 Å². The van der Waals surface area contributed by atoms with Crippen molar-refractivity contribution in [2.45, 2.75) is 131 Å². The first kappa shape index (κ1) is 27.9. The molecule has 0 fully saturated rings. The first-order valence-corrected chi connectivity index (χ1v) is 12.3. The van der Waals surface area contributed by atoms with Crippen molar-refractivity contribution in [1.29, 1.82) is 0 Å². The van der Waals surface area contributed by atoms with Crippen molar-refractivity contribution in [1.82, 2.24) is 0 Å². The minimum absolute atomic E-state index is 0.0114. The van der Waals surface area contributed by atoms with Gasteiger partial charge in [0, 0.05) is 6.42 Å². The van der Waals surface area contributed by atoms with E-state index in [0.29, 0.717) is 13.0 Å². The molecule has 0 bridgehead atoms. The van der Waals surface area contributed by atoms with Gasteiger partial charge in [-0.25, -0.2) is 0 Å². The summed E-state index contributed by atoms with van der Waals surface area (Å²) in [6, 6.07) is 0. The Morgan fingerprint density at radius 2 is 1.24 bits per heavy atom. The van der Waals surface area contributed by atoms with E-state index < -0.39 is 5.60 Å². The van der Waals surface area contributed by atoms with Gasteiger partial charge in [0.05, 0.1) is 18.4 Å². The molecule has 0 aliphatic heterocycles. The number of hydrogen-bond acceptors (Lipinski definition) is 4. The fourth-order valence-electron chi connectivity index (χ4n) is 3.78. The van der Waals surface area contributed by atoms with Gasteiger partial charge in [-0.05, 0) is 44.9 Å². The molecule has 0 N–H and O–H groups in total. The molecule has 0 aromatic heterocycles. The quantitative estimate of drug-likeness (QED) is 0.223. The molecule has 4 nitrogen and oxygen atoms in total. The van der Waals surface area contributed by atoms with Crippen molar-refractivity contribution in [3.63, 3.8) is 0 Å². The lowest BCUT2D eigenvalue weighted by Crippen LogP contribution is -2.38. The summed E-state index contributed by atoms with van der Waals surface area (Å²) in [6.07, 6.45) is 12.0. The van der Waals surface area contributed by atoms with Gasteiger partial charge in [-0.2, -0.15) is 0 Å². The number of carbonyl (C=O) groups is 2. The van der Waals surface area contributed by atoms with E-state index in [0.717, 1.165) is 77.0 Å². The van der Waals surface area contributed by atoms with Crippen LogP contribution in [0.15, 0.2) is 0 Å². The maximum absolute atomic E-state index is 12.9. The third kappa shape index (κ3) is 11.1. The summed E-state index contributed by atoms with van der Waals surface area (Å²) in [5.41, 5.74) is -0.516. The Morgan fingerprint density at radius 3 is 1.69 bits per heavy atom. The van der Waals surface area contributed by atoms with Gasteiger partial charge in [0.25, 0.3) is 0 Å². The highest BCUT2D eigenvalue weighted by molar-refractivity contribution is 5.73. The van der Waals surface area contributed by atoms with Crippen molar-refractivity contribution in [3.8, 4) is 0 Å². The van der Waals surface area contributed by atoms with E-state index in [2.05, 4.69) is 34.6 Å². The summed E-state index contributed by atoms with van der Waals surface area (Å²) in [6.45, 7) is 12.9. The third-order valence-corrected chi connectivity index (χ3v) is 6.21. The van der Waals surface area contributed by atoms with Crippen molar-refractivity contribution >= 4 is 11.9 Å². The van der Waals surface area contributed by atoms with Gasteiger partial charge in [0.2, 0.25) is 0 Å². The molecule has 0 saturated heterocycles. The van der Waals surface area contributed by atoms with Crippen LogP contribution in [-0.4, -0.2) is 24.1 Å². The molecule has 0 radical (unpaired) electrons. The van der Waals surface area contributed by atoms with Crippen LogP contribution in [0.5, 0.6) is 0 Å². The highest BCUT2D eigenvalue weighted by atomic mass is 16.6. The number of unbranched alkanes of at least 4 members (excludes halogenated alkanes) is 3. The van der Waals surface area contributed by atoms with Gasteiger partial charge in [0.15, 0.2) is 0 Å². The predicted molar refractivity (Wildman–Crippen MR) is 121 cm³/mol. The summed E-state index contributed by atoms with van der Waals surface area (Å²) in [5.74, 6) is -0.201. The second-order valence-electron chi connectivity index (χ2n) is 8.47. The van der Waals surface area contributed by atoms with Crippen molar-refractivity contribution in [3.05, 3.63) is 0 Å². The van der Waals surface area contributed by atoms with Crippen LogP contribution in [0.25, 0.3) is 0 Å². The van der Waals surface area contributed by atoms with Crippen LogP contribution in [0.4, 0.5) is 0 Å². The van der Waals surface area contributed by atoms with Crippen LogP contribution >= 0.6 is 0 Å². The van der Waals surface area contributed by atoms with Crippen LogP contribution in [0.2, 0.25) is 0 Å². The smallest absolute Gasteiger partial charge is 0.309 e. The van der Waals surface area contributed by atoms with Crippen LogP contribution in [0.1, 0.15) is 125 Å². The van der Waals surface area contributed by atoms with Gasteiger partial charge in [0.1, 0.15) is 5.60 Å². The standard InChI is InChI=1S/C25H48O4/c1-7-13-16-21(10-4)23(26)28-20-19-25(12-6,18-15-9-3)29-24(27)22(11-5)17-14-8-2/h21-22H,7-20H2,1-6H3. The Bertz CT molecular complexity index is 435. The van der Waals surface area contributed by atoms with Crippen LogP contribution < -0.4 is 0 Å². The summed E-state index contributed by atoms with van der Waals surface area (Å²) >= 11 is 0. The minimum atomic E-state index is -0.516. The van der Waals surface area contributed by atoms with Gasteiger partial charge in [-0.1, -0.05) is 73.6 Å². The first-order valence-electron chi connectivity index (χ1n) is 12.3. The average molecular weight is 413 g/mol. The molecular formula is C25H48O4. The van der Waals surface area contributed by atoms with Crippen molar-refractivity contribution in [2.24, 2.45) is 11.8 Å². The molecule has 29 heavy (non-hydrogen) atoms. The Labute approximate surface area is 180 Å². The molecule has 0 rings (SSSR count). The van der Waals surface area contributed by atoms with E-state index in [1.807, 2.05) is 6.92 Å². The number of hydrogen-bond donors (Lipinski definition) is 0. The molecule has 172 valence electrons. The Hall–Kier alpha value is -1.06. The highest BCUT2D eigenvalue weighted by Gasteiger charge is 2.34. The SMILES string of the molecule is CCCCC(CC)C(=O)OCCC(CC)(CCCC)OC(=O)C(CC)CCCC. The lowest BCUT2D eigenvalue weighted by atomic mass is 9.89. The lowest BCUT2D eigenvalue weighted by Gasteiger charge is -2.34. The maximum atomic E-state index is 12.9. The molecule has 0 spiro atoms. The third-order valence-electron chi connectivity index (χ3n) is 6.21. The Kier molecular flexibility index (Phi) is 16.1. The minimum Gasteiger partial charge on any atom is -0.465 e. The lowest BCUT2D eigenvalue weighted by molar-refractivity contribution is -0.170. The topological polar surface area (TPSA) is 52.6 Å². The maximum Gasteiger partial charge on any atom is 0.309 e. The molecule has 4 heteroatoms. The van der Waals surface area contributed by atoms with E-state index >= 15 is 0 Å². The van der Waals surface area contributed by atoms with Gasteiger partial charge in [-0.15, -0.1) is 0 Å². The van der Waals surface area contributed by atoms with Crippen molar-refractivity contribution < 1.29 is 19.1 Å². The average Bonchev–Trinajstić information content (AvgIpc) is 2.72. The molecular weight excluding hydrogens is 364 g/mol. The van der Waals surface area contributed by atoms with Gasteiger partial charge >= 0.3 is 11.9 Å². The fourth-order valence-corrected chi connectivity index (χ4v) is 3.78. The Balaban J connectivity index is 4.97. The van der Waals surface area contributed by atoms with Crippen LogP contribution in [0.3, 0.4) is 0 Å². The molecule has 0 aliphatic rings.